The minimum atomic E-state index is -0.515. The number of pyridine rings is 1. The fourth-order valence-electron chi connectivity index (χ4n) is 4.40. The number of hydrogen-bond donors (Lipinski definition) is 1. The summed E-state index contributed by atoms with van der Waals surface area (Å²) in [4.78, 5) is 4.43. The van der Waals surface area contributed by atoms with Gasteiger partial charge in [0.15, 0.2) is 0 Å². The molecule has 1 aromatic carbocycles. The maximum atomic E-state index is 10.5. The first-order valence-corrected chi connectivity index (χ1v) is 9.08. The molecular weight excluding hydrogens is 322 g/mol. The third kappa shape index (κ3) is 2.34. The van der Waals surface area contributed by atoms with Crippen LogP contribution in [-0.2, 0) is 16.9 Å². The molecule has 1 aliphatic heterocycles. The molecule has 0 radical (unpaired) electrons. The van der Waals surface area contributed by atoms with Gasteiger partial charge in [-0.15, -0.1) is 0 Å². The molecular formula is C20H22ClNO2. The van der Waals surface area contributed by atoms with E-state index in [4.69, 9.17) is 16.3 Å². The topological polar surface area (TPSA) is 42.4 Å². The molecule has 0 amide bonds. The van der Waals surface area contributed by atoms with Crippen molar-refractivity contribution in [1.29, 1.82) is 0 Å². The van der Waals surface area contributed by atoms with E-state index >= 15 is 0 Å². The van der Waals surface area contributed by atoms with E-state index in [1.807, 2.05) is 25.3 Å². The van der Waals surface area contributed by atoms with Crippen LogP contribution in [0.15, 0.2) is 30.5 Å². The zero-order valence-corrected chi connectivity index (χ0v) is 14.6. The number of hydrogen-bond acceptors (Lipinski definition) is 3. The summed E-state index contributed by atoms with van der Waals surface area (Å²) < 4.78 is 6.47. The molecule has 1 fully saturated rings. The first-order chi connectivity index (χ1) is 11.6. The van der Waals surface area contributed by atoms with Crippen LogP contribution >= 0.6 is 11.6 Å². The van der Waals surface area contributed by atoms with Crippen molar-refractivity contribution in [2.24, 2.45) is 5.92 Å². The lowest BCUT2D eigenvalue weighted by atomic mass is 9.70. The highest BCUT2D eigenvalue weighted by Crippen LogP contribution is 2.53. The molecule has 4 heteroatoms. The van der Waals surface area contributed by atoms with E-state index in [1.165, 1.54) is 19.3 Å². The maximum Gasteiger partial charge on any atom is 0.142 e. The molecule has 0 bridgehead atoms. The van der Waals surface area contributed by atoms with Crippen LogP contribution in [-0.4, -0.2) is 10.1 Å². The highest BCUT2D eigenvalue weighted by molar-refractivity contribution is 6.30. The Kier molecular flexibility index (Phi) is 4.01. The zero-order valence-electron chi connectivity index (χ0n) is 13.9. The highest BCUT2D eigenvalue weighted by atomic mass is 35.5. The minimum absolute atomic E-state index is 0.277. The van der Waals surface area contributed by atoms with E-state index in [-0.39, 0.29) is 5.75 Å². The number of benzene rings is 1. The van der Waals surface area contributed by atoms with Crippen molar-refractivity contribution >= 4 is 11.6 Å². The molecule has 1 aromatic heterocycles. The van der Waals surface area contributed by atoms with Gasteiger partial charge >= 0.3 is 0 Å². The van der Waals surface area contributed by atoms with Crippen molar-refractivity contribution in [2.45, 2.75) is 51.2 Å². The van der Waals surface area contributed by atoms with Crippen LogP contribution in [0.25, 0.3) is 0 Å². The van der Waals surface area contributed by atoms with Crippen molar-refractivity contribution in [3.8, 4) is 5.75 Å². The van der Waals surface area contributed by atoms with Crippen LogP contribution in [0.1, 0.15) is 54.5 Å². The lowest BCUT2D eigenvalue weighted by Crippen LogP contribution is -2.37. The summed E-state index contributed by atoms with van der Waals surface area (Å²) in [6.07, 6.45) is 7.92. The van der Waals surface area contributed by atoms with Crippen LogP contribution in [0.3, 0.4) is 0 Å². The van der Waals surface area contributed by atoms with Gasteiger partial charge in [0.1, 0.15) is 11.4 Å². The quantitative estimate of drug-likeness (QED) is 0.824. The third-order valence-electron chi connectivity index (χ3n) is 5.64. The van der Waals surface area contributed by atoms with E-state index in [0.29, 0.717) is 18.2 Å². The normalized spacial score (nSPS) is 24.1. The highest BCUT2D eigenvalue weighted by Gasteiger charge is 2.49. The van der Waals surface area contributed by atoms with E-state index in [0.717, 1.165) is 34.6 Å². The molecule has 126 valence electrons. The van der Waals surface area contributed by atoms with Crippen LogP contribution in [0.4, 0.5) is 0 Å². The molecule has 3 nitrogen and oxygen atoms in total. The van der Waals surface area contributed by atoms with Crippen LogP contribution < -0.4 is 0 Å². The minimum Gasteiger partial charge on any atom is -0.506 e. The molecule has 1 unspecified atom stereocenters. The maximum absolute atomic E-state index is 10.5. The molecule has 1 saturated carbocycles. The second kappa shape index (κ2) is 6.05. The Morgan fingerprint density at radius 3 is 2.58 bits per heavy atom. The Hall–Kier alpha value is -1.58. The molecule has 0 spiro atoms. The van der Waals surface area contributed by atoms with Gasteiger partial charge in [-0.3, -0.25) is 4.98 Å². The van der Waals surface area contributed by atoms with Gasteiger partial charge in [0.25, 0.3) is 0 Å². The second-order valence-electron chi connectivity index (χ2n) is 6.95. The van der Waals surface area contributed by atoms with Gasteiger partial charge < -0.3 is 9.84 Å². The number of ether oxygens (including phenoxy) is 1. The first kappa shape index (κ1) is 15.9. The average Bonchev–Trinajstić information content (AvgIpc) is 3.01. The Morgan fingerprint density at radius 2 is 1.88 bits per heavy atom. The Bertz CT molecular complexity index is 753. The zero-order chi connectivity index (χ0) is 16.7. The van der Waals surface area contributed by atoms with E-state index in [9.17, 15) is 5.11 Å². The fourth-order valence-corrected chi connectivity index (χ4v) is 4.52. The molecule has 1 atom stereocenters. The summed E-state index contributed by atoms with van der Waals surface area (Å²) >= 11 is 6.10. The van der Waals surface area contributed by atoms with E-state index in [2.05, 4.69) is 17.1 Å². The molecule has 4 rings (SSSR count). The number of nitrogens with zero attached hydrogens (tertiary/aromatic N) is 1. The standard InChI is InChI=1S/C20H22ClNO2/c1-13-19(23)17-12-24-20(18(17)11-22-13,14-5-3-2-4-6-14)15-7-9-16(21)10-8-15/h7-11,14,23H,2-6,12H2,1H3. The van der Waals surface area contributed by atoms with Crippen LogP contribution in [0.2, 0.25) is 5.02 Å². The number of halogens is 1. The molecule has 2 heterocycles. The predicted molar refractivity (Wildman–Crippen MR) is 94.2 cm³/mol. The van der Waals surface area contributed by atoms with Gasteiger partial charge in [-0.1, -0.05) is 43.0 Å². The Balaban J connectivity index is 1.91. The smallest absolute Gasteiger partial charge is 0.142 e. The van der Waals surface area contributed by atoms with Gasteiger partial charge in [-0.05, 0) is 43.4 Å². The number of aryl methyl sites for hydroxylation is 1. The summed E-state index contributed by atoms with van der Waals surface area (Å²) in [5.41, 5.74) is 3.18. The summed E-state index contributed by atoms with van der Waals surface area (Å²) in [6.45, 7) is 2.27. The third-order valence-corrected chi connectivity index (χ3v) is 5.89. The summed E-state index contributed by atoms with van der Waals surface area (Å²) in [7, 11) is 0. The lowest BCUT2D eigenvalue weighted by molar-refractivity contribution is -0.0609. The fraction of sp³-hybridized carbons (Fsp3) is 0.450. The molecule has 2 aromatic rings. The monoisotopic (exact) mass is 343 g/mol. The Morgan fingerprint density at radius 1 is 1.17 bits per heavy atom. The predicted octanol–water partition coefficient (Wildman–Crippen LogP) is 5.10. The van der Waals surface area contributed by atoms with Crippen LogP contribution in [0, 0.1) is 12.8 Å². The molecule has 1 aliphatic carbocycles. The average molecular weight is 344 g/mol. The molecule has 2 aliphatic rings. The lowest BCUT2D eigenvalue weighted by Gasteiger charge is -2.40. The van der Waals surface area contributed by atoms with Crippen LogP contribution in [0.5, 0.6) is 5.75 Å². The first-order valence-electron chi connectivity index (χ1n) is 8.71. The molecule has 24 heavy (non-hydrogen) atoms. The number of aromatic nitrogens is 1. The van der Waals surface area contributed by atoms with E-state index < -0.39 is 5.60 Å². The summed E-state index contributed by atoms with van der Waals surface area (Å²) in [5, 5.41) is 11.2. The van der Waals surface area contributed by atoms with Gasteiger partial charge in [0.05, 0.1) is 12.3 Å². The number of fused-ring (bicyclic) bond motifs is 1. The summed E-state index contributed by atoms with van der Waals surface area (Å²) in [5.74, 6) is 0.678. The van der Waals surface area contributed by atoms with Crippen molar-refractivity contribution in [3.05, 3.63) is 57.9 Å². The van der Waals surface area contributed by atoms with Gasteiger partial charge in [-0.2, -0.15) is 0 Å². The van der Waals surface area contributed by atoms with Crippen molar-refractivity contribution in [1.82, 2.24) is 4.98 Å². The van der Waals surface area contributed by atoms with Crippen molar-refractivity contribution in [2.75, 3.05) is 0 Å². The van der Waals surface area contributed by atoms with E-state index in [1.54, 1.807) is 0 Å². The largest absolute Gasteiger partial charge is 0.506 e. The second-order valence-corrected chi connectivity index (χ2v) is 7.39. The number of aromatic hydroxyl groups is 1. The van der Waals surface area contributed by atoms with Gasteiger partial charge in [0.2, 0.25) is 0 Å². The molecule has 1 N–H and O–H groups in total. The number of rotatable bonds is 2. The van der Waals surface area contributed by atoms with Crippen molar-refractivity contribution in [3.63, 3.8) is 0 Å². The Labute approximate surface area is 147 Å². The SMILES string of the molecule is Cc1ncc2c(c1O)COC2(c1ccc(Cl)cc1)C1CCCCC1. The van der Waals surface area contributed by atoms with Crippen molar-refractivity contribution < 1.29 is 9.84 Å². The summed E-state index contributed by atoms with van der Waals surface area (Å²) in [6, 6.07) is 7.96. The van der Waals surface area contributed by atoms with Gasteiger partial charge in [0, 0.05) is 22.3 Å². The van der Waals surface area contributed by atoms with Gasteiger partial charge in [-0.25, -0.2) is 0 Å². The molecule has 0 saturated heterocycles.